The van der Waals surface area contributed by atoms with Gasteiger partial charge in [0.1, 0.15) is 0 Å². The third-order valence-corrected chi connectivity index (χ3v) is 2.32. The van der Waals surface area contributed by atoms with E-state index in [9.17, 15) is 4.79 Å². The van der Waals surface area contributed by atoms with E-state index < -0.39 is 0 Å². The minimum Gasteiger partial charge on any atom is -0.329 e. The number of aromatic amines is 1. The van der Waals surface area contributed by atoms with Crippen molar-refractivity contribution in [2.45, 2.75) is 12.5 Å². The minimum atomic E-state index is -0.0668. The summed E-state index contributed by atoms with van der Waals surface area (Å²) >= 11 is 0. The van der Waals surface area contributed by atoms with Gasteiger partial charge in [0.05, 0.1) is 0 Å². The molecule has 0 saturated heterocycles. The zero-order valence-corrected chi connectivity index (χ0v) is 8.66. The van der Waals surface area contributed by atoms with Gasteiger partial charge in [-0.25, -0.2) is 0 Å². The van der Waals surface area contributed by atoms with Gasteiger partial charge in [-0.1, -0.05) is 6.07 Å². The van der Waals surface area contributed by atoms with Crippen LogP contribution >= 0.6 is 0 Å². The number of nitrogens with zero attached hydrogens (tertiary/aromatic N) is 1. The second-order valence-corrected chi connectivity index (χ2v) is 3.62. The number of nitrogens with two attached hydrogens (primary N) is 1. The first kappa shape index (κ1) is 10.9. The van der Waals surface area contributed by atoms with Gasteiger partial charge in [0.15, 0.2) is 0 Å². The Hall–Kier alpha value is -1.13. The van der Waals surface area contributed by atoms with Crippen molar-refractivity contribution >= 4 is 0 Å². The monoisotopic (exact) mass is 195 g/mol. The molecule has 0 radical (unpaired) electrons. The molecule has 0 fully saturated rings. The van der Waals surface area contributed by atoms with Crippen LogP contribution in [0.25, 0.3) is 0 Å². The van der Waals surface area contributed by atoms with Crippen LogP contribution in [-0.4, -0.2) is 36.6 Å². The smallest absolute Gasteiger partial charge is 0.247 e. The number of pyridine rings is 1. The lowest BCUT2D eigenvalue weighted by Gasteiger charge is -2.22. The van der Waals surface area contributed by atoms with Crippen molar-refractivity contribution < 1.29 is 0 Å². The molecule has 0 unspecified atom stereocenters. The zero-order chi connectivity index (χ0) is 10.6. The van der Waals surface area contributed by atoms with Crippen molar-refractivity contribution in [1.29, 1.82) is 0 Å². The van der Waals surface area contributed by atoms with Crippen LogP contribution in [-0.2, 0) is 6.42 Å². The van der Waals surface area contributed by atoms with Crippen LogP contribution in [0.15, 0.2) is 23.1 Å². The number of aromatic nitrogens is 1. The van der Waals surface area contributed by atoms with E-state index in [0.717, 1.165) is 12.0 Å². The molecule has 0 aromatic carbocycles. The zero-order valence-electron chi connectivity index (χ0n) is 8.66. The van der Waals surface area contributed by atoms with Crippen molar-refractivity contribution in [1.82, 2.24) is 9.88 Å². The molecule has 78 valence electrons. The minimum absolute atomic E-state index is 0.0668. The molecule has 0 saturated carbocycles. The Bertz CT molecular complexity index is 312. The van der Waals surface area contributed by atoms with Gasteiger partial charge in [0.2, 0.25) is 5.56 Å². The van der Waals surface area contributed by atoms with Gasteiger partial charge >= 0.3 is 0 Å². The molecule has 14 heavy (non-hydrogen) atoms. The number of hydrogen-bond donors (Lipinski definition) is 2. The van der Waals surface area contributed by atoms with Crippen LogP contribution in [0.3, 0.4) is 0 Å². The highest BCUT2D eigenvalue weighted by Crippen LogP contribution is 2.02. The van der Waals surface area contributed by atoms with Gasteiger partial charge < -0.3 is 15.6 Å². The van der Waals surface area contributed by atoms with Crippen LogP contribution in [0.5, 0.6) is 0 Å². The second-order valence-electron chi connectivity index (χ2n) is 3.62. The summed E-state index contributed by atoms with van der Waals surface area (Å²) < 4.78 is 0. The molecule has 0 aliphatic heterocycles. The number of likely N-dealkylation sites (N-methyl/N-ethyl adjacent to an activating group) is 1. The van der Waals surface area contributed by atoms with Crippen LogP contribution in [0.1, 0.15) is 5.56 Å². The summed E-state index contributed by atoms with van der Waals surface area (Å²) in [5.41, 5.74) is 6.68. The topological polar surface area (TPSA) is 62.1 Å². The second kappa shape index (κ2) is 4.93. The maximum atomic E-state index is 10.8. The van der Waals surface area contributed by atoms with Crippen LogP contribution in [0.2, 0.25) is 0 Å². The third kappa shape index (κ3) is 2.97. The molecule has 0 spiro atoms. The highest BCUT2D eigenvalue weighted by atomic mass is 16.1. The molecule has 1 rings (SSSR count). The average Bonchev–Trinajstić information content (AvgIpc) is 2.16. The quantitative estimate of drug-likeness (QED) is 0.700. The highest BCUT2D eigenvalue weighted by Gasteiger charge is 2.09. The number of nitrogens with one attached hydrogen (secondary N) is 1. The number of rotatable bonds is 4. The maximum Gasteiger partial charge on any atom is 0.247 e. The van der Waals surface area contributed by atoms with Gasteiger partial charge in [-0.15, -0.1) is 0 Å². The summed E-state index contributed by atoms with van der Waals surface area (Å²) in [5, 5.41) is 0. The summed E-state index contributed by atoms with van der Waals surface area (Å²) in [6.45, 7) is 0.617. The molecule has 4 nitrogen and oxygen atoms in total. The first-order chi connectivity index (χ1) is 6.63. The maximum absolute atomic E-state index is 10.8. The molecule has 3 N–H and O–H groups in total. The number of H-pyrrole nitrogens is 1. The summed E-state index contributed by atoms with van der Waals surface area (Å²) in [4.78, 5) is 15.6. The molecular weight excluding hydrogens is 178 g/mol. The molecule has 1 atom stereocenters. The Labute approximate surface area is 83.7 Å². The molecule has 0 aliphatic carbocycles. The van der Waals surface area contributed by atoms with E-state index in [1.807, 2.05) is 20.2 Å². The van der Waals surface area contributed by atoms with E-state index in [-0.39, 0.29) is 5.56 Å². The molecule has 4 heteroatoms. The molecule has 0 aliphatic rings. The molecular formula is C10H17N3O. The van der Waals surface area contributed by atoms with E-state index in [0.29, 0.717) is 12.6 Å². The van der Waals surface area contributed by atoms with Crippen LogP contribution in [0, 0.1) is 0 Å². The lowest BCUT2D eigenvalue weighted by atomic mass is 10.1. The average molecular weight is 195 g/mol. The van der Waals surface area contributed by atoms with Crippen molar-refractivity contribution in [3.8, 4) is 0 Å². The predicted octanol–water partition coefficient (Wildman–Crippen LogP) is -0.194. The lowest BCUT2D eigenvalue weighted by molar-refractivity contribution is 0.297. The first-order valence-corrected chi connectivity index (χ1v) is 4.67. The van der Waals surface area contributed by atoms with E-state index in [1.54, 1.807) is 12.3 Å². The van der Waals surface area contributed by atoms with E-state index in [2.05, 4.69) is 9.88 Å². The van der Waals surface area contributed by atoms with Crippen molar-refractivity contribution in [2.24, 2.45) is 5.73 Å². The Balaban J connectivity index is 2.67. The summed E-state index contributed by atoms with van der Waals surface area (Å²) in [7, 11) is 4.01. The number of hydrogen-bond acceptors (Lipinski definition) is 3. The Morgan fingerprint density at radius 1 is 1.50 bits per heavy atom. The van der Waals surface area contributed by atoms with Crippen molar-refractivity contribution in [3.63, 3.8) is 0 Å². The molecule has 1 aromatic rings. The normalized spacial score (nSPS) is 13.1. The fraction of sp³-hybridized carbons (Fsp3) is 0.500. The third-order valence-electron chi connectivity index (χ3n) is 2.32. The highest BCUT2D eigenvalue weighted by molar-refractivity contribution is 5.10. The van der Waals surface area contributed by atoms with Gasteiger partial charge in [0, 0.05) is 24.8 Å². The van der Waals surface area contributed by atoms with Gasteiger partial charge in [-0.3, -0.25) is 4.79 Å². The predicted molar refractivity (Wildman–Crippen MR) is 57.3 cm³/mol. The molecule has 0 amide bonds. The van der Waals surface area contributed by atoms with E-state index in [4.69, 9.17) is 5.73 Å². The van der Waals surface area contributed by atoms with Gasteiger partial charge in [0.25, 0.3) is 0 Å². The van der Waals surface area contributed by atoms with Gasteiger partial charge in [-0.2, -0.15) is 0 Å². The Kier molecular flexibility index (Phi) is 3.85. The van der Waals surface area contributed by atoms with Crippen LogP contribution in [0.4, 0.5) is 0 Å². The molecule has 1 heterocycles. The summed E-state index contributed by atoms with van der Waals surface area (Å²) in [6, 6.07) is 3.70. The van der Waals surface area contributed by atoms with Gasteiger partial charge in [-0.05, 0) is 26.1 Å². The fourth-order valence-corrected chi connectivity index (χ4v) is 1.32. The summed E-state index contributed by atoms with van der Waals surface area (Å²) in [5.74, 6) is 0. The van der Waals surface area contributed by atoms with Crippen molar-refractivity contribution in [3.05, 3.63) is 34.2 Å². The standard InChI is InChI=1S/C10H17N3O/c1-13(2)9(6-11)5-8-3-4-10(14)12-7-8/h3-4,7,9H,5-6,11H2,1-2H3,(H,12,14)/t9-/m0/s1. The lowest BCUT2D eigenvalue weighted by Crippen LogP contribution is -2.36. The largest absolute Gasteiger partial charge is 0.329 e. The summed E-state index contributed by atoms with van der Waals surface area (Å²) in [6.07, 6.45) is 2.61. The van der Waals surface area contributed by atoms with Crippen LogP contribution < -0.4 is 11.3 Å². The van der Waals surface area contributed by atoms with Crippen molar-refractivity contribution in [2.75, 3.05) is 20.6 Å². The van der Waals surface area contributed by atoms with E-state index >= 15 is 0 Å². The molecule has 0 bridgehead atoms. The molecule has 1 aromatic heterocycles. The Morgan fingerprint density at radius 2 is 2.21 bits per heavy atom. The SMILES string of the molecule is CN(C)[C@H](CN)Cc1ccc(=O)[nH]c1. The van der Waals surface area contributed by atoms with E-state index in [1.165, 1.54) is 0 Å². The fourth-order valence-electron chi connectivity index (χ4n) is 1.32. The Morgan fingerprint density at radius 3 is 2.64 bits per heavy atom. The first-order valence-electron chi connectivity index (χ1n) is 4.67.